The maximum absolute atomic E-state index is 13.8. The molecule has 10 heteroatoms. The number of halogens is 2. The molecule has 1 aromatic rings. The Bertz CT molecular complexity index is 670. The Morgan fingerprint density at radius 3 is 2.95 bits per heavy atom. The highest BCUT2D eigenvalue weighted by Crippen LogP contribution is 2.25. The molecule has 7 nitrogen and oxygen atoms in total. The summed E-state index contributed by atoms with van der Waals surface area (Å²) in [4.78, 5) is 11.8. The molecule has 122 valence electrons. The van der Waals surface area contributed by atoms with E-state index in [1.807, 2.05) is 0 Å². The van der Waals surface area contributed by atoms with Crippen molar-refractivity contribution >= 4 is 33.3 Å². The molecule has 1 saturated heterocycles. The van der Waals surface area contributed by atoms with Gasteiger partial charge < -0.3 is 4.74 Å². The van der Waals surface area contributed by atoms with Crippen LogP contribution in [0.1, 0.15) is 6.92 Å². The molecule has 1 aliphatic rings. The largest absolute Gasteiger partial charge is 0.466 e. The van der Waals surface area contributed by atoms with Crippen molar-refractivity contribution in [3.8, 4) is 0 Å². The monoisotopic (exact) mass is 351 g/mol. The van der Waals surface area contributed by atoms with Crippen LogP contribution in [-0.2, 0) is 19.6 Å². The van der Waals surface area contributed by atoms with E-state index < -0.39 is 33.1 Å². The van der Waals surface area contributed by atoms with Crippen LogP contribution < -0.4 is 15.6 Å². The van der Waals surface area contributed by atoms with Crippen LogP contribution in [0.4, 0.5) is 10.1 Å². The third-order valence-corrected chi connectivity index (χ3v) is 4.97. The zero-order chi connectivity index (χ0) is 16.3. The summed E-state index contributed by atoms with van der Waals surface area (Å²) in [6.45, 7) is 1.84. The fourth-order valence-electron chi connectivity index (χ4n) is 2.03. The second-order valence-electron chi connectivity index (χ2n) is 4.55. The van der Waals surface area contributed by atoms with E-state index in [0.29, 0.717) is 0 Å². The van der Waals surface area contributed by atoms with Gasteiger partial charge in [-0.05, 0) is 19.1 Å². The quantitative estimate of drug-likeness (QED) is 0.680. The van der Waals surface area contributed by atoms with Gasteiger partial charge in [0.1, 0.15) is 5.92 Å². The predicted octanol–water partition coefficient (Wildman–Crippen LogP) is 0.834. The van der Waals surface area contributed by atoms with E-state index in [2.05, 4.69) is 15.6 Å². The number of rotatable bonds is 5. The van der Waals surface area contributed by atoms with Gasteiger partial charge in [-0.15, -0.1) is 0 Å². The van der Waals surface area contributed by atoms with Crippen molar-refractivity contribution < 1.29 is 22.3 Å². The second kappa shape index (κ2) is 6.78. The van der Waals surface area contributed by atoms with Crippen molar-refractivity contribution in [2.24, 2.45) is 5.92 Å². The fraction of sp³-hybridized carbons (Fsp3) is 0.417. The lowest BCUT2D eigenvalue weighted by molar-refractivity contribution is -0.147. The van der Waals surface area contributed by atoms with E-state index in [1.165, 1.54) is 18.2 Å². The summed E-state index contributed by atoms with van der Waals surface area (Å²) in [7, 11) is -4.09. The summed E-state index contributed by atoms with van der Waals surface area (Å²) in [5, 5.41) is -1.50. The summed E-state index contributed by atoms with van der Waals surface area (Å²) in [5.41, 5.74) is 4.79. The number of benzene rings is 1. The SMILES string of the molecule is CCOC(=O)C1CNNC1S(=O)(=O)Nc1cccc(Cl)c1F. The Morgan fingerprint density at radius 2 is 2.27 bits per heavy atom. The summed E-state index contributed by atoms with van der Waals surface area (Å²) < 4.78 is 45.5. The number of ether oxygens (including phenoxy) is 1. The summed E-state index contributed by atoms with van der Waals surface area (Å²) in [5.74, 6) is -2.48. The molecule has 1 aromatic carbocycles. The van der Waals surface area contributed by atoms with Crippen LogP contribution >= 0.6 is 11.6 Å². The van der Waals surface area contributed by atoms with E-state index in [0.717, 1.165) is 0 Å². The molecular weight excluding hydrogens is 337 g/mol. The van der Waals surface area contributed by atoms with E-state index in [4.69, 9.17) is 16.3 Å². The van der Waals surface area contributed by atoms with E-state index in [-0.39, 0.29) is 23.9 Å². The second-order valence-corrected chi connectivity index (χ2v) is 6.76. The number of anilines is 1. The van der Waals surface area contributed by atoms with Gasteiger partial charge in [-0.2, -0.15) is 0 Å². The first-order valence-corrected chi connectivity index (χ1v) is 8.40. The number of carbonyl (C=O) groups excluding carboxylic acids is 1. The number of esters is 1. The van der Waals surface area contributed by atoms with E-state index in [1.54, 1.807) is 6.92 Å². The summed E-state index contributed by atoms with van der Waals surface area (Å²) in [6.07, 6.45) is 0. The van der Waals surface area contributed by atoms with Gasteiger partial charge in [0.25, 0.3) is 10.0 Å². The fourth-order valence-corrected chi connectivity index (χ4v) is 3.67. The number of hydrazine groups is 1. The first kappa shape index (κ1) is 16.9. The third-order valence-electron chi connectivity index (χ3n) is 3.06. The van der Waals surface area contributed by atoms with Crippen LogP contribution in [-0.4, -0.2) is 32.9 Å². The lowest BCUT2D eigenvalue weighted by Crippen LogP contribution is -2.44. The van der Waals surface area contributed by atoms with Crippen molar-refractivity contribution in [2.45, 2.75) is 12.3 Å². The summed E-state index contributed by atoms with van der Waals surface area (Å²) >= 11 is 5.61. The Morgan fingerprint density at radius 1 is 1.55 bits per heavy atom. The van der Waals surface area contributed by atoms with Crippen LogP contribution in [0, 0.1) is 11.7 Å². The molecule has 1 fully saturated rings. The maximum Gasteiger partial charge on any atom is 0.313 e. The molecule has 0 aromatic heterocycles. The number of carbonyl (C=O) groups is 1. The minimum absolute atomic E-state index is 0.0858. The molecular formula is C12H15ClFN3O4S. The Kier molecular flexibility index (Phi) is 5.22. The number of nitrogens with one attached hydrogen (secondary N) is 3. The van der Waals surface area contributed by atoms with Crippen LogP contribution in [0.5, 0.6) is 0 Å². The predicted molar refractivity (Wildman–Crippen MR) is 79.0 cm³/mol. The minimum Gasteiger partial charge on any atom is -0.466 e. The van der Waals surface area contributed by atoms with Gasteiger partial charge in [-0.25, -0.2) is 18.2 Å². The molecule has 1 aliphatic heterocycles. The number of hydrogen-bond donors (Lipinski definition) is 3. The molecule has 1 heterocycles. The van der Waals surface area contributed by atoms with Gasteiger partial charge in [0, 0.05) is 6.54 Å². The standard InChI is InChI=1S/C12H15ClFN3O4S/c1-2-21-12(18)7-6-15-16-11(7)22(19,20)17-9-5-3-4-8(13)10(9)14/h3-5,7,11,15-17H,2,6H2,1H3. The molecule has 0 amide bonds. The maximum atomic E-state index is 13.8. The lowest BCUT2D eigenvalue weighted by atomic mass is 10.2. The van der Waals surface area contributed by atoms with Crippen LogP contribution in [0.15, 0.2) is 18.2 Å². The zero-order valence-corrected chi connectivity index (χ0v) is 13.2. The highest BCUT2D eigenvalue weighted by molar-refractivity contribution is 7.93. The first-order chi connectivity index (χ1) is 10.4. The van der Waals surface area contributed by atoms with Crippen molar-refractivity contribution in [1.82, 2.24) is 10.9 Å². The van der Waals surface area contributed by atoms with Crippen molar-refractivity contribution in [2.75, 3.05) is 17.9 Å². The van der Waals surface area contributed by atoms with Crippen molar-refractivity contribution in [1.29, 1.82) is 0 Å². The van der Waals surface area contributed by atoms with Gasteiger partial charge in [0.2, 0.25) is 0 Å². The average Bonchev–Trinajstić information content (AvgIpc) is 2.94. The third kappa shape index (κ3) is 3.49. The molecule has 2 unspecified atom stereocenters. The van der Waals surface area contributed by atoms with E-state index in [9.17, 15) is 17.6 Å². The normalized spacial score (nSPS) is 21.6. The Hall–Kier alpha value is -1.42. The van der Waals surface area contributed by atoms with E-state index >= 15 is 0 Å². The molecule has 2 rings (SSSR count). The minimum atomic E-state index is -4.09. The molecule has 0 radical (unpaired) electrons. The van der Waals surface area contributed by atoms with Gasteiger partial charge in [-0.3, -0.25) is 14.9 Å². The molecule has 0 bridgehead atoms. The molecule has 22 heavy (non-hydrogen) atoms. The van der Waals surface area contributed by atoms with Crippen LogP contribution in [0.3, 0.4) is 0 Å². The number of hydrogen-bond acceptors (Lipinski definition) is 6. The lowest BCUT2D eigenvalue weighted by Gasteiger charge is -2.19. The summed E-state index contributed by atoms with van der Waals surface area (Å²) in [6, 6.07) is 3.94. The average molecular weight is 352 g/mol. The smallest absolute Gasteiger partial charge is 0.313 e. The molecule has 0 spiro atoms. The Balaban J connectivity index is 2.22. The van der Waals surface area contributed by atoms with Gasteiger partial charge in [0.05, 0.1) is 17.3 Å². The molecule has 2 atom stereocenters. The van der Waals surface area contributed by atoms with Crippen LogP contribution in [0.2, 0.25) is 5.02 Å². The highest BCUT2D eigenvalue weighted by atomic mass is 35.5. The molecule has 3 N–H and O–H groups in total. The van der Waals surface area contributed by atoms with Crippen LogP contribution in [0.25, 0.3) is 0 Å². The van der Waals surface area contributed by atoms with Crippen molar-refractivity contribution in [3.05, 3.63) is 29.0 Å². The zero-order valence-electron chi connectivity index (χ0n) is 11.6. The van der Waals surface area contributed by atoms with Crippen molar-refractivity contribution in [3.63, 3.8) is 0 Å². The first-order valence-electron chi connectivity index (χ1n) is 6.47. The van der Waals surface area contributed by atoms with Gasteiger partial charge in [0.15, 0.2) is 11.2 Å². The highest BCUT2D eigenvalue weighted by Gasteiger charge is 2.43. The Labute approximate surface area is 132 Å². The molecule has 0 aliphatic carbocycles. The topological polar surface area (TPSA) is 96.5 Å². The number of sulfonamides is 1. The van der Waals surface area contributed by atoms with Gasteiger partial charge in [-0.1, -0.05) is 17.7 Å². The van der Waals surface area contributed by atoms with Gasteiger partial charge >= 0.3 is 5.97 Å². The molecule has 0 saturated carbocycles.